The van der Waals surface area contributed by atoms with Gasteiger partial charge in [-0.15, -0.1) is 0 Å². The summed E-state index contributed by atoms with van der Waals surface area (Å²) in [5.74, 6) is 0.803. The van der Waals surface area contributed by atoms with E-state index < -0.39 is 0 Å². The number of nitrogens with one attached hydrogen (secondary N) is 1. The lowest BCUT2D eigenvalue weighted by atomic mass is 10.1. The van der Waals surface area contributed by atoms with Crippen LogP contribution in [0.3, 0.4) is 0 Å². The fraction of sp³-hybridized carbons (Fsp3) is 0.133. The number of hydrogen-bond donors (Lipinski definition) is 1. The summed E-state index contributed by atoms with van der Waals surface area (Å²) in [5.41, 5.74) is 2.71. The first kappa shape index (κ1) is 13.4. The van der Waals surface area contributed by atoms with E-state index in [2.05, 4.69) is 27.3 Å². The Hall–Kier alpha value is -1.99. The lowest BCUT2D eigenvalue weighted by molar-refractivity contribution is 0.416. The fourth-order valence-electron chi connectivity index (χ4n) is 1.71. The summed E-state index contributed by atoms with van der Waals surface area (Å²) < 4.78 is 6.29. The molecule has 0 fully saturated rings. The van der Waals surface area contributed by atoms with E-state index in [9.17, 15) is 0 Å². The van der Waals surface area contributed by atoms with Gasteiger partial charge in [-0.2, -0.15) is 5.26 Å². The average molecular weight is 317 g/mol. The second kappa shape index (κ2) is 6.26. The Bertz CT molecular complexity index is 603. The monoisotopic (exact) mass is 316 g/mol. The van der Waals surface area contributed by atoms with E-state index in [0.717, 1.165) is 21.5 Å². The topological polar surface area (TPSA) is 45.0 Å². The van der Waals surface area contributed by atoms with E-state index in [0.29, 0.717) is 12.1 Å². The lowest BCUT2D eigenvalue weighted by Gasteiger charge is -2.11. The first-order valence-electron chi connectivity index (χ1n) is 5.79. The van der Waals surface area contributed by atoms with E-state index in [1.54, 1.807) is 7.11 Å². The number of nitriles is 1. The summed E-state index contributed by atoms with van der Waals surface area (Å²) in [6, 6.07) is 15.4. The summed E-state index contributed by atoms with van der Waals surface area (Å²) >= 11 is 3.44. The molecule has 2 aromatic rings. The van der Waals surface area contributed by atoms with Crippen molar-refractivity contribution in [2.45, 2.75) is 6.54 Å². The fourth-order valence-corrected chi connectivity index (χ4v) is 2.07. The number of ether oxygens (including phenoxy) is 1. The number of anilines is 1. The molecule has 0 spiro atoms. The largest absolute Gasteiger partial charge is 0.495 e. The highest BCUT2D eigenvalue weighted by molar-refractivity contribution is 9.10. The van der Waals surface area contributed by atoms with Crippen molar-refractivity contribution in [3.8, 4) is 11.8 Å². The van der Waals surface area contributed by atoms with Gasteiger partial charge in [-0.25, -0.2) is 0 Å². The van der Waals surface area contributed by atoms with Crippen LogP contribution >= 0.6 is 15.9 Å². The van der Waals surface area contributed by atoms with E-state index in [1.165, 1.54) is 0 Å². The molecule has 0 heterocycles. The number of hydrogen-bond acceptors (Lipinski definition) is 3. The van der Waals surface area contributed by atoms with Gasteiger partial charge in [-0.3, -0.25) is 0 Å². The molecule has 0 unspecified atom stereocenters. The van der Waals surface area contributed by atoms with Crippen molar-refractivity contribution < 1.29 is 4.74 Å². The molecule has 2 aromatic carbocycles. The molecule has 0 aliphatic rings. The Morgan fingerprint density at radius 1 is 1.21 bits per heavy atom. The standard InChI is InChI=1S/C15H13BrN2O/c1-19-15-7-6-13(16)8-14(15)18-10-12-4-2-11(9-17)3-5-12/h2-8,18H,10H2,1H3. The van der Waals surface area contributed by atoms with Crippen LogP contribution in [0.1, 0.15) is 11.1 Å². The van der Waals surface area contributed by atoms with Gasteiger partial charge in [-0.05, 0) is 35.9 Å². The maximum atomic E-state index is 8.75. The number of methoxy groups -OCH3 is 1. The molecule has 0 amide bonds. The Morgan fingerprint density at radius 2 is 1.95 bits per heavy atom. The normalized spacial score (nSPS) is 9.74. The molecule has 0 radical (unpaired) electrons. The third kappa shape index (κ3) is 3.49. The highest BCUT2D eigenvalue weighted by Crippen LogP contribution is 2.28. The number of halogens is 1. The van der Waals surface area contributed by atoms with Gasteiger partial charge in [0.25, 0.3) is 0 Å². The summed E-state index contributed by atoms with van der Waals surface area (Å²) in [6.07, 6.45) is 0. The highest BCUT2D eigenvalue weighted by atomic mass is 79.9. The van der Waals surface area contributed by atoms with Crippen LogP contribution in [-0.2, 0) is 6.54 Å². The molecule has 2 rings (SSSR count). The second-order valence-electron chi connectivity index (χ2n) is 4.01. The minimum atomic E-state index is 0.670. The van der Waals surface area contributed by atoms with Crippen molar-refractivity contribution >= 4 is 21.6 Å². The number of benzene rings is 2. The first-order chi connectivity index (χ1) is 9.22. The van der Waals surface area contributed by atoms with Crippen LogP contribution in [0, 0.1) is 11.3 Å². The molecule has 19 heavy (non-hydrogen) atoms. The molecule has 0 saturated heterocycles. The molecule has 96 valence electrons. The molecule has 0 aliphatic heterocycles. The SMILES string of the molecule is COc1ccc(Br)cc1NCc1ccc(C#N)cc1. The van der Waals surface area contributed by atoms with Crippen LogP contribution in [0.5, 0.6) is 5.75 Å². The van der Waals surface area contributed by atoms with Crippen LogP contribution in [0.2, 0.25) is 0 Å². The van der Waals surface area contributed by atoms with E-state index in [-0.39, 0.29) is 0 Å². The average Bonchev–Trinajstić information content (AvgIpc) is 2.46. The molecule has 3 nitrogen and oxygen atoms in total. The van der Waals surface area contributed by atoms with Gasteiger partial charge in [-0.1, -0.05) is 28.1 Å². The Morgan fingerprint density at radius 3 is 2.58 bits per heavy atom. The van der Waals surface area contributed by atoms with Gasteiger partial charge in [0, 0.05) is 11.0 Å². The van der Waals surface area contributed by atoms with Gasteiger partial charge in [0.05, 0.1) is 24.4 Å². The minimum absolute atomic E-state index is 0.670. The van der Waals surface area contributed by atoms with Gasteiger partial charge in [0.15, 0.2) is 0 Å². The predicted molar refractivity (Wildman–Crippen MR) is 79.2 cm³/mol. The van der Waals surface area contributed by atoms with Crippen molar-refractivity contribution in [2.75, 3.05) is 12.4 Å². The third-order valence-electron chi connectivity index (χ3n) is 2.73. The molecule has 1 N–H and O–H groups in total. The van der Waals surface area contributed by atoms with Gasteiger partial charge < -0.3 is 10.1 Å². The molecular formula is C15H13BrN2O. The van der Waals surface area contributed by atoms with Gasteiger partial charge >= 0.3 is 0 Å². The van der Waals surface area contributed by atoms with Crippen molar-refractivity contribution in [2.24, 2.45) is 0 Å². The quantitative estimate of drug-likeness (QED) is 0.929. The smallest absolute Gasteiger partial charge is 0.142 e. The molecular weight excluding hydrogens is 304 g/mol. The molecule has 4 heteroatoms. The summed E-state index contributed by atoms with van der Waals surface area (Å²) in [5, 5.41) is 12.1. The predicted octanol–water partition coefficient (Wildman–Crippen LogP) is 3.94. The second-order valence-corrected chi connectivity index (χ2v) is 4.92. The Labute approximate surface area is 121 Å². The van der Waals surface area contributed by atoms with Crippen LogP contribution < -0.4 is 10.1 Å². The van der Waals surface area contributed by atoms with Crippen LogP contribution in [-0.4, -0.2) is 7.11 Å². The van der Waals surface area contributed by atoms with Crippen LogP contribution in [0.4, 0.5) is 5.69 Å². The Balaban J connectivity index is 2.09. The molecule has 0 aliphatic carbocycles. The zero-order valence-electron chi connectivity index (χ0n) is 10.5. The Kier molecular flexibility index (Phi) is 4.43. The van der Waals surface area contributed by atoms with E-state index in [4.69, 9.17) is 10.00 Å². The third-order valence-corrected chi connectivity index (χ3v) is 3.22. The van der Waals surface area contributed by atoms with Crippen molar-refractivity contribution in [1.82, 2.24) is 0 Å². The molecule has 0 atom stereocenters. The van der Waals surface area contributed by atoms with E-state index >= 15 is 0 Å². The zero-order valence-corrected chi connectivity index (χ0v) is 12.1. The van der Waals surface area contributed by atoms with Crippen molar-refractivity contribution in [1.29, 1.82) is 5.26 Å². The van der Waals surface area contributed by atoms with Crippen LogP contribution in [0.15, 0.2) is 46.9 Å². The number of nitrogens with zero attached hydrogens (tertiary/aromatic N) is 1. The van der Waals surface area contributed by atoms with Crippen molar-refractivity contribution in [3.63, 3.8) is 0 Å². The summed E-state index contributed by atoms with van der Waals surface area (Å²) in [4.78, 5) is 0. The van der Waals surface area contributed by atoms with E-state index in [1.807, 2.05) is 42.5 Å². The lowest BCUT2D eigenvalue weighted by Crippen LogP contribution is -2.01. The summed E-state index contributed by atoms with van der Waals surface area (Å²) in [6.45, 7) is 0.679. The van der Waals surface area contributed by atoms with Crippen molar-refractivity contribution in [3.05, 3.63) is 58.1 Å². The maximum absolute atomic E-state index is 8.75. The van der Waals surface area contributed by atoms with Gasteiger partial charge in [0.1, 0.15) is 5.75 Å². The minimum Gasteiger partial charge on any atom is -0.495 e. The molecule has 0 saturated carbocycles. The summed E-state index contributed by atoms with van der Waals surface area (Å²) in [7, 11) is 1.65. The highest BCUT2D eigenvalue weighted by Gasteiger charge is 2.03. The number of rotatable bonds is 4. The molecule has 0 bridgehead atoms. The molecule has 0 aromatic heterocycles. The zero-order chi connectivity index (χ0) is 13.7. The maximum Gasteiger partial charge on any atom is 0.142 e. The van der Waals surface area contributed by atoms with Crippen LogP contribution in [0.25, 0.3) is 0 Å². The van der Waals surface area contributed by atoms with Gasteiger partial charge in [0.2, 0.25) is 0 Å². The first-order valence-corrected chi connectivity index (χ1v) is 6.58.